The number of thioether (sulfide) groups is 1. The zero-order valence-electron chi connectivity index (χ0n) is 9.08. The van der Waals surface area contributed by atoms with E-state index in [9.17, 15) is 13.6 Å². The summed E-state index contributed by atoms with van der Waals surface area (Å²) < 4.78 is 26.1. The summed E-state index contributed by atoms with van der Waals surface area (Å²) in [5, 5.41) is 2.62. The summed E-state index contributed by atoms with van der Waals surface area (Å²) in [6.07, 6.45) is 2.14. The Hall–Kier alpha value is -1.17. The molecule has 2 rings (SSSR count). The van der Waals surface area contributed by atoms with Crippen LogP contribution >= 0.6 is 11.8 Å². The molecule has 1 aromatic rings. The average molecular weight is 258 g/mol. The highest BCUT2D eigenvalue weighted by Crippen LogP contribution is 2.22. The minimum atomic E-state index is -1.24. The fourth-order valence-corrected chi connectivity index (χ4v) is 2.95. The zero-order chi connectivity index (χ0) is 12.3. The van der Waals surface area contributed by atoms with E-state index in [1.165, 1.54) is 6.07 Å². The van der Waals surface area contributed by atoms with Gasteiger partial charge in [0.15, 0.2) is 5.82 Å². The van der Waals surface area contributed by atoms with Gasteiger partial charge in [-0.25, -0.2) is 9.37 Å². The first-order chi connectivity index (χ1) is 8.18. The molecule has 0 aromatic carbocycles. The number of rotatable bonds is 3. The number of carbonyl (C=O) groups is 1. The fourth-order valence-electron chi connectivity index (χ4n) is 1.67. The van der Waals surface area contributed by atoms with Crippen molar-refractivity contribution < 1.29 is 13.6 Å². The summed E-state index contributed by atoms with van der Waals surface area (Å²) in [4.78, 5) is 14.8. The molecule has 1 aliphatic rings. The lowest BCUT2D eigenvalue weighted by Crippen LogP contribution is -2.30. The Morgan fingerprint density at radius 1 is 1.59 bits per heavy atom. The van der Waals surface area contributed by atoms with Crippen LogP contribution in [0.25, 0.3) is 0 Å². The minimum absolute atomic E-state index is 0.289. The van der Waals surface area contributed by atoms with Crippen molar-refractivity contribution in [2.45, 2.75) is 6.42 Å². The monoisotopic (exact) mass is 258 g/mol. The normalized spacial score (nSPS) is 19.3. The predicted molar refractivity (Wildman–Crippen MR) is 61.9 cm³/mol. The summed E-state index contributed by atoms with van der Waals surface area (Å²) in [7, 11) is 0. The maximum Gasteiger partial charge on any atom is 0.254 e. The number of carbonyl (C=O) groups excluding carboxylic acids is 1. The molecule has 0 bridgehead atoms. The molecule has 2 heterocycles. The van der Waals surface area contributed by atoms with Crippen LogP contribution < -0.4 is 5.32 Å². The van der Waals surface area contributed by atoms with Crippen LogP contribution in [0.1, 0.15) is 16.8 Å². The van der Waals surface area contributed by atoms with E-state index in [1.807, 2.05) is 11.8 Å². The number of nitrogens with one attached hydrogen (secondary N) is 1. The van der Waals surface area contributed by atoms with Crippen LogP contribution in [0.5, 0.6) is 0 Å². The summed E-state index contributed by atoms with van der Waals surface area (Å²) in [6, 6.07) is 1.18. The molecule has 1 aromatic heterocycles. The van der Waals surface area contributed by atoms with E-state index in [0.717, 1.165) is 24.1 Å². The van der Waals surface area contributed by atoms with Gasteiger partial charge in [-0.1, -0.05) is 0 Å². The molecule has 1 fully saturated rings. The Balaban J connectivity index is 1.97. The molecule has 0 aliphatic carbocycles. The zero-order valence-corrected chi connectivity index (χ0v) is 9.90. The molecular weight excluding hydrogens is 246 g/mol. The van der Waals surface area contributed by atoms with Crippen LogP contribution in [-0.4, -0.2) is 28.9 Å². The van der Waals surface area contributed by atoms with Crippen LogP contribution in [0.2, 0.25) is 0 Å². The number of aromatic nitrogens is 1. The maximum absolute atomic E-state index is 13.3. The molecule has 17 heavy (non-hydrogen) atoms. The Morgan fingerprint density at radius 3 is 3.12 bits per heavy atom. The van der Waals surface area contributed by atoms with Crippen molar-refractivity contribution in [1.29, 1.82) is 0 Å². The van der Waals surface area contributed by atoms with E-state index >= 15 is 0 Å². The first-order valence-electron chi connectivity index (χ1n) is 5.34. The van der Waals surface area contributed by atoms with Crippen molar-refractivity contribution in [3.8, 4) is 0 Å². The van der Waals surface area contributed by atoms with E-state index in [0.29, 0.717) is 12.5 Å². The lowest BCUT2D eigenvalue weighted by molar-refractivity contribution is 0.0943. The fraction of sp³-hybridized carbons (Fsp3) is 0.455. The van der Waals surface area contributed by atoms with E-state index in [2.05, 4.69) is 10.3 Å². The molecule has 1 atom stereocenters. The predicted octanol–water partition coefficient (Wildman–Crippen LogP) is 1.84. The van der Waals surface area contributed by atoms with E-state index in [4.69, 9.17) is 0 Å². The molecule has 1 aliphatic heterocycles. The van der Waals surface area contributed by atoms with Crippen molar-refractivity contribution >= 4 is 17.7 Å². The molecule has 92 valence electrons. The highest BCUT2D eigenvalue weighted by molar-refractivity contribution is 7.99. The summed E-state index contributed by atoms with van der Waals surface area (Å²) >= 11 is 1.84. The van der Waals surface area contributed by atoms with Gasteiger partial charge in [0.25, 0.3) is 5.91 Å². The van der Waals surface area contributed by atoms with Crippen molar-refractivity contribution in [3.05, 3.63) is 29.6 Å². The third-order valence-corrected chi connectivity index (χ3v) is 3.90. The topological polar surface area (TPSA) is 42.0 Å². The molecule has 1 unspecified atom stereocenters. The van der Waals surface area contributed by atoms with Gasteiger partial charge >= 0.3 is 0 Å². The second-order valence-corrected chi connectivity index (χ2v) is 5.05. The van der Waals surface area contributed by atoms with Gasteiger partial charge in [-0.15, -0.1) is 0 Å². The quantitative estimate of drug-likeness (QED) is 0.841. The van der Waals surface area contributed by atoms with E-state index in [-0.39, 0.29) is 5.56 Å². The van der Waals surface area contributed by atoms with Gasteiger partial charge in [0.2, 0.25) is 5.95 Å². The van der Waals surface area contributed by atoms with Crippen molar-refractivity contribution in [2.24, 2.45) is 5.92 Å². The number of hydrogen-bond donors (Lipinski definition) is 1. The Kier molecular flexibility index (Phi) is 3.93. The number of nitrogens with zero attached hydrogens (tertiary/aromatic N) is 1. The first-order valence-corrected chi connectivity index (χ1v) is 6.50. The summed E-state index contributed by atoms with van der Waals surface area (Å²) in [5.74, 6) is -0.481. The second kappa shape index (κ2) is 5.44. The summed E-state index contributed by atoms with van der Waals surface area (Å²) in [6.45, 7) is 0.509. The Bertz CT molecular complexity index is 422. The highest BCUT2D eigenvalue weighted by atomic mass is 32.2. The largest absolute Gasteiger partial charge is 0.352 e. The second-order valence-electron chi connectivity index (χ2n) is 3.90. The summed E-state index contributed by atoms with van der Waals surface area (Å²) in [5.41, 5.74) is -0.289. The van der Waals surface area contributed by atoms with Crippen LogP contribution in [0, 0.1) is 17.7 Å². The van der Waals surface area contributed by atoms with Crippen LogP contribution in [0.4, 0.5) is 8.78 Å². The van der Waals surface area contributed by atoms with Gasteiger partial charge in [0, 0.05) is 12.7 Å². The minimum Gasteiger partial charge on any atom is -0.352 e. The smallest absolute Gasteiger partial charge is 0.254 e. The molecule has 0 radical (unpaired) electrons. The number of pyridine rings is 1. The van der Waals surface area contributed by atoms with Crippen LogP contribution in [0.15, 0.2) is 12.3 Å². The highest BCUT2D eigenvalue weighted by Gasteiger charge is 2.19. The van der Waals surface area contributed by atoms with Gasteiger partial charge < -0.3 is 5.32 Å². The number of amides is 1. The number of halogens is 2. The van der Waals surface area contributed by atoms with Gasteiger partial charge in [0.1, 0.15) is 0 Å². The SMILES string of the molecule is O=C(NCC1CCSC1)c1ccnc(F)c1F. The molecule has 6 heteroatoms. The van der Waals surface area contributed by atoms with E-state index in [1.54, 1.807) is 0 Å². The first kappa shape index (κ1) is 12.3. The number of hydrogen-bond acceptors (Lipinski definition) is 3. The molecular formula is C11H12F2N2OS. The third kappa shape index (κ3) is 2.94. The van der Waals surface area contributed by atoms with Crippen molar-refractivity contribution in [3.63, 3.8) is 0 Å². The molecule has 0 saturated carbocycles. The molecule has 1 saturated heterocycles. The maximum atomic E-state index is 13.3. The molecule has 1 N–H and O–H groups in total. The Morgan fingerprint density at radius 2 is 2.41 bits per heavy atom. The standard InChI is InChI=1S/C11H12F2N2OS/c12-9-8(1-3-14-10(9)13)11(16)15-5-7-2-4-17-6-7/h1,3,7H,2,4-6H2,(H,15,16). The van der Waals surface area contributed by atoms with Crippen molar-refractivity contribution in [1.82, 2.24) is 10.3 Å². The third-order valence-electron chi connectivity index (χ3n) is 2.67. The lowest BCUT2D eigenvalue weighted by Gasteiger charge is -2.10. The molecule has 0 spiro atoms. The Labute approximate surface area is 102 Å². The lowest BCUT2D eigenvalue weighted by atomic mass is 10.1. The molecule has 3 nitrogen and oxygen atoms in total. The molecule has 1 amide bonds. The van der Waals surface area contributed by atoms with Crippen molar-refractivity contribution in [2.75, 3.05) is 18.1 Å². The average Bonchev–Trinajstić information content (AvgIpc) is 2.82. The van der Waals surface area contributed by atoms with Crippen LogP contribution in [0.3, 0.4) is 0 Å². The van der Waals surface area contributed by atoms with Gasteiger partial charge in [-0.05, 0) is 29.9 Å². The van der Waals surface area contributed by atoms with Crippen LogP contribution in [-0.2, 0) is 0 Å². The van der Waals surface area contributed by atoms with E-state index < -0.39 is 17.7 Å². The van der Waals surface area contributed by atoms with Gasteiger partial charge in [-0.2, -0.15) is 16.2 Å². The van der Waals surface area contributed by atoms with Gasteiger partial charge in [-0.3, -0.25) is 4.79 Å². The van der Waals surface area contributed by atoms with Gasteiger partial charge in [0.05, 0.1) is 5.56 Å².